The SMILES string of the molecule is COc1cc([C@@H]2C[C@H]3O[C@]2(CO)C=CC3=O)cc(OC)c1O[Si](C)(C)C(C)(C)C. The minimum Gasteiger partial charge on any atom is -0.539 e. The van der Waals surface area contributed by atoms with Gasteiger partial charge in [0.05, 0.1) is 20.8 Å². The molecule has 0 amide bonds. The first-order valence-electron chi connectivity index (χ1n) is 9.94. The van der Waals surface area contributed by atoms with Crippen LogP contribution in [0, 0.1) is 0 Å². The quantitative estimate of drug-likeness (QED) is 0.705. The van der Waals surface area contributed by atoms with E-state index in [0.29, 0.717) is 23.7 Å². The van der Waals surface area contributed by atoms with Gasteiger partial charge in [0.25, 0.3) is 8.32 Å². The van der Waals surface area contributed by atoms with Crippen LogP contribution in [0.4, 0.5) is 0 Å². The number of carbonyl (C=O) groups is 1. The Morgan fingerprint density at radius 3 is 2.28 bits per heavy atom. The van der Waals surface area contributed by atoms with Crippen LogP contribution in [0.25, 0.3) is 0 Å². The maximum absolute atomic E-state index is 12.1. The predicted molar refractivity (Wildman–Crippen MR) is 114 cm³/mol. The average molecular weight is 421 g/mol. The summed E-state index contributed by atoms with van der Waals surface area (Å²) in [5.74, 6) is 1.50. The minimum atomic E-state index is -2.12. The summed E-state index contributed by atoms with van der Waals surface area (Å²) in [6, 6.07) is 3.82. The topological polar surface area (TPSA) is 74.2 Å². The highest BCUT2D eigenvalue weighted by atomic mass is 28.4. The van der Waals surface area contributed by atoms with Crippen LogP contribution in [0.2, 0.25) is 18.1 Å². The third-order valence-corrected chi connectivity index (χ3v) is 10.9. The van der Waals surface area contributed by atoms with Crippen molar-refractivity contribution in [3.8, 4) is 17.2 Å². The van der Waals surface area contributed by atoms with Gasteiger partial charge in [-0.3, -0.25) is 4.79 Å². The van der Waals surface area contributed by atoms with Crippen LogP contribution in [-0.4, -0.2) is 51.7 Å². The lowest BCUT2D eigenvalue weighted by atomic mass is 9.82. The monoisotopic (exact) mass is 420 g/mol. The van der Waals surface area contributed by atoms with Gasteiger partial charge in [0.2, 0.25) is 0 Å². The third-order valence-electron chi connectivity index (χ3n) is 6.54. The lowest BCUT2D eigenvalue weighted by Crippen LogP contribution is -2.44. The number of benzene rings is 1. The van der Waals surface area contributed by atoms with E-state index in [1.54, 1.807) is 20.3 Å². The Morgan fingerprint density at radius 2 is 1.79 bits per heavy atom. The fourth-order valence-electron chi connectivity index (χ4n) is 3.70. The normalized spacial score (nSPS) is 26.6. The summed E-state index contributed by atoms with van der Waals surface area (Å²) in [7, 11) is 1.08. The molecular weight excluding hydrogens is 388 g/mol. The molecular formula is C22H32O6Si. The Hall–Kier alpha value is -1.83. The highest BCUT2D eigenvalue weighted by Crippen LogP contribution is 2.51. The molecule has 0 aromatic heterocycles. The number of aliphatic hydroxyl groups excluding tert-OH is 1. The van der Waals surface area contributed by atoms with Crippen molar-refractivity contribution in [2.45, 2.75) is 62.9 Å². The molecule has 1 aromatic rings. The number of ether oxygens (including phenoxy) is 3. The maximum atomic E-state index is 12.1. The number of hydrogen-bond donors (Lipinski definition) is 1. The highest BCUT2D eigenvalue weighted by Gasteiger charge is 2.52. The molecule has 1 N–H and O–H groups in total. The highest BCUT2D eigenvalue weighted by molar-refractivity contribution is 6.74. The van der Waals surface area contributed by atoms with Crippen molar-refractivity contribution in [3.63, 3.8) is 0 Å². The number of methoxy groups -OCH3 is 2. The zero-order chi connectivity index (χ0) is 21.6. The Labute approximate surface area is 173 Å². The largest absolute Gasteiger partial charge is 0.539 e. The van der Waals surface area contributed by atoms with Gasteiger partial charge in [0.1, 0.15) is 11.7 Å². The first-order valence-corrected chi connectivity index (χ1v) is 12.9. The second kappa shape index (κ2) is 7.45. The minimum absolute atomic E-state index is 0.0180. The number of ketones is 1. The van der Waals surface area contributed by atoms with Gasteiger partial charge in [0.15, 0.2) is 23.0 Å². The molecule has 2 heterocycles. The van der Waals surface area contributed by atoms with Crippen LogP contribution in [0.15, 0.2) is 24.3 Å². The molecule has 7 heteroatoms. The first-order chi connectivity index (χ1) is 13.5. The molecule has 0 aliphatic carbocycles. The number of carbonyl (C=O) groups excluding carboxylic acids is 1. The van der Waals surface area contributed by atoms with Gasteiger partial charge in [-0.25, -0.2) is 0 Å². The van der Waals surface area contributed by atoms with Gasteiger partial charge in [-0.15, -0.1) is 0 Å². The number of rotatable bonds is 6. The molecule has 160 valence electrons. The van der Waals surface area contributed by atoms with Crippen molar-refractivity contribution in [1.29, 1.82) is 0 Å². The molecule has 1 saturated heterocycles. The van der Waals surface area contributed by atoms with E-state index in [-0.39, 0.29) is 23.3 Å². The molecule has 29 heavy (non-hydrogen) atoms. The molecule has 0 spiro atoms. The van der Waals surface area contributed by atoms with Gasteiger partial charge in [-0.05, 0) is 54.4 Å². The average Bonchev–Trinajstić information content (AvgIpc) is 2.99. The number of hydrogen-bond acceptors (Lipinski definition) is 6. The summed E-state index contributed by atoms with van der Waals surface area (Å²) in [6.45, 7) is 10.7. The Morgan fingerprint density at radius 1 is 1.21 bits per heavy atom. The molecule has 0 saturated carbocycles. The molecule has 0 radical (unpaired) electrons. The fourth-order valence-corrected chi connectivity index (χ4v) is 4.72. The van der Waals surface area contributed by atoms with Gasteiger partial charge < -0.3 is 23.7 Å². The molecule has 6 nitrogen and oxygen atoms in total. The van der Waals surface area contributed by atoms with Gasteiger partial charge >= 0.3 is 0 Å². The van der Waals surface area contributed by atoms with Crippen molar-refractivity contribution >= 4 is 14.1 Å². The van der Waals surface area contributed by atoms with E-state index in [9.17, 15) is 9.90 Å². The van der Waals surface area contributed by atoms with E-state index in [2.05, 4.69) is 33.9 Å². The van der Waals surface area contributed by atoms with Crippen LogP contribution in [0.1, 0.15) is 38.7 Å². The standard InChI is InChI=1S/C22H32O6Si/c1-21(2,3)29(6,7)28-20-18(25-4)10-14(11-19(20)26-5)15-12-17-16(24)8-9-22(15,13-23)27-17/h8-11,15,17,23H,12-13H2,1-7H3/t15-,17+,22-/m0/s1. The van der Waals surface area contributed by atoms with Crippen molar-refractivity contribution in [2.75, 3.05) is 20.8 Å². The Bertz CT molecular complexity index is 800. The fraction of sp³-hybridized carbons (Fsp3) is 0.591. The zero-order valence-electron chi connectivity index (χ0n) is 18.4. The second-order valence-electron chi connectivity index (χ2n) is 9.36. The first kappa shape index (κ1) is 21.9. The summed E-state index contributed by atoms with van der Waals surface area (Å²) >= 11 is 0. The van der Waals surface area contributed by atoms with Crippen molar-refractivity contribution in [1.82, 2.24) is 0 Å². The molecule has 3 rings (SSSR count). The maximum Gasteiger partial charge on any atom is 0.250 e. The smallest absolute Gasteiger partial charge is 0.250 e. The number of aliphatic hydroxyl groups is 1. The zero-order valence-corrected chi connectivity index (χ0v) is 19.4. The van der Waals surface area contributed by atoms with Crippen molar-refractivity contribution in [3.05, 3.63) is 29.8 Å². The molecule has 3 atom stereocenters. The Kier molecular flexibility index (Phi) is 5.62. The van der Waals surface area contributed by atoms with Gasteiger partial charge in [-0.1, -0.05) is 20.8 Å². The van der Waals surface area contributed by atoms with Crippen molar-refractivity contribution in [2.24, 2.45) is 0 Å². The van der Waals surface area contributed by atoms with Gasteiger partial charge in [-0.2, -0.15) is 0 Å². The summed E-state index contributed by atoms with van der Waals surface area (Å²) in [5.41, 5.74) is -0.0201. The second-order valence-corrected chi connectivity index (χ2v) is 14.1. The van der Waals surface area contributed by atoms with Crippen LogP contribution >= 0.6 is 0 Å². The van der Waals surface area contributed by atoms with Crippen molar-refractivity contribution < 1.29 is 28.5 Å². The summed E-state index contributed by atoms with van der Waals surface area (Å²) in [4.78, 5) is 12.1. The lowest BCUT2D eigenvalue weighted by Gasteiger charge is -2.37. The molecule has 1 fully saturated rings. The van der Waals surface area contributed by atoms with Crippen LogP contribution in [-0.2, 0) is 9.53 Å². The summed E-state index contributed by atoms with van der Waals surface area (Å²) in [5, 5.41) is 10.1. The van der Waals surface area contributed by atoms with E-state index in [0.717, 1.165) is 5.56 Å². The molecule has 1 aromatic carbocycles. The van der Waals surface area contributed by atoms with Crippen LogP contribution in [0.3, 0.4) is 0 Å². The summed E-state index contributed by atoms with van der Waals surface area (Å²) < 4.78 is 23.8. The molecule has 2 aliphatic heterocycles. The molecule has 0 unspecified atom stereocenters. The molecule has 2 bridgehead atoms. The van der Waals surface area contributed by atoms with Crippen LogP contribution in [0.5, 0.6) is 17.2 Å². The van der Waals surface area contributed by atoms with Gasteiger partial charge in [0, 0.05) is 5.92 Å². The van der Waals surface area contributed by atoms with E-state index in [4.69, 9.17) is 18.6 Å². The van der Waals surface area contributed by atoms with Crippen LogP contribution < -0.4 is 13.9 Å². The lowest BCUT2D eigenvalue weighted by molar-refractivity contribution is -0.132. The summed E-state index contributed by atoms with van der Waals surface area (Å²) in [6.07, 6.45) is 3.18. The van der Waals surface area contributed by atoms with E-state index < -0.39 is 20.0 Å². The molecule has 2 aliphatic rings. The number of fused-ring (bicyclic) bond motifs is 2. The Balaban J connectivity index is 2.05. The third kappa shape index (κ3) is 3.71. The predicted octanol–water partition coefficient (Wildman–Crippen LogP) is 3.83. The van der Waals surface area contributed by atoms with E-state index in [1.807, 2.05) is 12.1 Å². The van der Waals surface area contributed by atoms with E-state index >= 15 is 0 Å². The van der Waals surface area contributed by atoms with E-state index in [1.165, 1.54) is 6.08 Å².